The van der Waals surface area contributed by atoms with E-state index in [1.807, 2.05) is 0 Å². The Kier molecular flexibility index (Phi) is 1.69. The fraction of sp³-hybridized carbons (Fsp3) is 1.00. The zero-order chi connectivity index (χ0) is 9.91. The average molecular weight is 181 g/mol. The molecule has 2 aliphatic rings. The lowest BCUT2D eigenvalue weighted by Crippen LogP contribution is -2.24. The van der Waals surface area contributed by atoms with E-state index < -0.39 is 0 Å². The van der Waals surface area contributed by atoms with Crippen molar-refractivity contribution in [1.82, 2.24) is 0 Å². The normalized spacial score (nSPS) is 38.1. The van der Waals surface area contributed by atoms with Gasteiger partial charge in [0.1, 0.15) is 0 Å². The summed E-state index contributed by atoms with van der Waals surface area (Å²) < 4.78 is 0. The van der Waals surface area contributed by atoms with Crippen LogP contribution in [-0.2, 0) is 0 Å². The summed E-state index contributed by atoms with van der Waals surface area (Å²) in [7, 11) is 0. The van der Waals surface area contributed by atoms with Gasteiger partial charge in [-0.1, -0.05) is 34.1 Å². The molecule has 1 atom stereocenters. The zero-order valence-corrected chi connectivity index (χ0v) is 9.48. The molecule has 1 unspecified atom stereocenters. The summed E-state index contributed by atoms with van der Waals surface area (Å²) >= 11 is 0. The highest BCUT2D eigenvalue weighted by atomic mass is 14.8. The molecule has 0 amide bonds. The van der Waals surface area contributed by atoms with Crippen LogP contribution in [0.4, 0.5) is 0 Å². The van der Waals surface area contributed by atoms with Gasteiger partial charge in [0.15, 0.2) is 0 Å². The molecule has 0 saturated heterocycles. The topological polar surface area (TPSA) is 26.0 Å². The van der Waals surface area contributed by atoms with Gasteiger partial charge in [0.25, 0.3) is 0 Å². The molecule has 1 heteroatoms. The molecule has 0 aromatic carbocycles. The Morgan fingerprint density at radius 2 is 1.69 bits per heavy atom. The van der Waals surface area contributed by atoms with E-state index >= 15 is 0 Å². The summed E-state index contributed by atoms with van der Waals surface area (Å²) in [5.74, 6) is 0.789. The van der Waals surface area contributed by atoms with E-state index in [1.165, 1.54) is 19.3 Å². The van der Waals surface area contributed by atoms with Crippen molar-refractivity contribution in [2.24, 2.45) is 27.9 Å². The van der Waals surface area contributed by atoms with E-state index in [0.717, 1.165) is 12.5 Å². The molecule has 0 aromatic rings. The van der Waals surface area contributed by atoms with Gasteiger partial charge in [-0.15, -0.1) is 0 Å². The third-order valence-corrected chi connectivity index (χ3v) is 5.84. The molecule has 2 fully saturated rings. The fourth-order valence-corrected chi connectivity index (χ4v) is 4.51. The molecule has 0 aliphatic heterocycles. The highest BCUT2D eigenvalue weighted by Gasteiger charge is 2.79. The monoisotopic (exact) mass is 181 g/mol. The summed E-state index contributed by atoms with van der Waals surface area (Å²) in [6.07, 6.45) is 4.17. The van der Waals surface area contributed by atoms with Gasteiger partial charge in [0.05, 0.1) is 0 Å². The van der Waals surface area contributed by atoms with Gasteiger partial charge in [0.2, 0.25) is 0 Å². The maximum Gasteiger partial charge on any atom is -0.00431 e. The quantitative estimate of drug-likeness (QED) is 0.661. The molecule has 0 radical (unpaired) electrons. The van der Waals surface area contributed by atoms with Crippen LogP contribution in [0.2, 0.25) is 0 Å². The summed E-state index contributed by atoms with van der Waals surface area (Å²) in [4.78, 5) is 0. The predicted octanol–water partition coefficient (Wildman–Crippen LogP) is 2.80. The third kappa shape index (κ3) is 0.743. The van der Waals surface area contributed by atoms with E-state index in [-0.39, 0.29) is 0 Å². The van der Waals surface area contributed by atoms with Crippen molar-refractivity contribution in [1.29, 1.82) is 0 Å². The molecule has 0 aromatic heterocycles. The molecular formula is C12H23N. The minimum atomic E-state index is 0.514. The SMILES string of the molecule is CC1(C)C(C)(C)C12CCCC2CN. The number of hydrogen-bond donors (Lipinski definition) is 1. The Labute approximate surface area is 82.1 Å². The fourth-order valence-electron chi connectivity index (χ4n) is 4.51. The van der Waals surface area contributed by atoms with Crippen LogP contribution in [0, 0.1) is 22.2 Å². The Hall–Kier alpha value is -0.0400. The maximum atomic E-state index is 5.89. The molecule has 1 spiro atoms. The van der Waals surface area contributed by atoms with Crippen molar-refractivity contribution in [2.75, 3.05) is 6.54 Å². The molecule has 1 nitrogen and oxygen atoms in total. The number of hydrogen-bond acceptors (Lipinski definition) is 1. The lowest BCUT2D eigenvalue weighted by atomic mass is 9.83. The molecule has 13 heavy (non-hydrogen) atoms. The summed E-state index contributed by atoms with van der Waals surface area (Å²) in [6.45, 7) is 10.6. The van der Waals surface area contributed by atoms with Gasteiger partial charge in [0, 0.05) is 0 Å². The van der Waals surface area contributed by atoms with Gasteiger partial charge in [-0.2, -0.15) is 0 Å². The van der Waals surface area contributed by atoms with Gasteiger partial charge in [-0.3, -0.25) is 0 Å². The summed E-state index contributed by atoms with van der Waals surface area (Å²) in [5.41, 5.74) is 7.50. The Morgan fingerprint density at radius 3 is 2.00 bits per heavy atom. The smallest absolute Gasteiger partial charge is 0.00431 e. The van der Waals surface area contributed by atoms with Crippen molar-refractivity contribution in [3.05, 3.63) is 0 Å². The Morgan fingerprint density at radius 1 is 1.15 bits per heavy atom. The molecule has 2 N–H and O–H groups in total. The van der Waals surface area contributed by atoms with Crippen LogP contribution in [0.1, 0.15) is 47.0 Å². The molecule has 2 rings (SSSR count). The van der Waals surface area contributed by atoms with E-state index in [2.05, 4.69) is 27.7 Å². The summed E-state index contributed by atoms with van der Waals surface area (Å²) in [6, 6.07) is 0. The lowest BCUT2D eigenvalue weighted by molar-refractivity contribution is 0.272. The average Bonchev–Trinajstić information content (AvgIpc) is 2.42. The van der Waals surface area contributed by atoms with Crippen LogP contribution >= 0.6 is 0 Å². The van der Waals surface area contributed by atoms with Crippen molar-refractivity contribution in [3.8, 4) is 0 Å². The van der Waals surface area contributed by atoms with Crippen LogP contribution in [0.5, 0.6) is 0 Å². The Balaban J connectivity index is 2.33. The number of rotatable bonds is 1. The van der Waals surface area contributed by atoms with Crippen molar-refractivity contribution in [2.45, 2.75) is 47.0 Å². The molecule has 76 valence electrons. The van der Waals surface area contributed by atoms with Crippen molar-refractivity contribution >= 4 is 0 Å². The standard InChI is InChI=1S/C12H23N/c1-10(2)11(3,4)12(10)7-5-6-9(12)8-13/h9H,5-8,13H2,1-4H3. The minimum absolute atomic E-state index is 0.514. The minimum Gasteiger partial charge on any atom is -0.330 e. The molecule has 0 bridgehead atoms. The molecular weight excluding hydrogens is 158 g/mol. The summed E-state index contributed by atoms with van der Waals surface area (Å²) in [5, 5.41) is 0. The number of nitrogens with two attached hydrogens (primary N) is 1. The first-order valence-corrected chi connectivity index (χ1v) is 5.62. The van der Waals surface area contributed by atoms with Crippen LogP contribution in [0.3, 0.4) is 0 Å². The van der Waals surface area contributed by atoms with E-state index in [9.17, 15) is 0 Å². The maximum absolute atomic E-state index is 5.89. The molecule has 2 aliphatic carbocycles. The second-order valence-electron chi connectivity index (χ2n) is 6.05. The van der Waals surface area contributed by atoms with Gasteiger partial charge in [-0.05, 0) is 41.5 Å². The third-order valence-electron chi connectivity index (χ3n) is 5.84. The first-order chi connectivity index (χ1) is 5.92. The predicted molar refractivity (Wildman–Crippen MR) is 56.4 cm³/mol. The van der Waals surface area contributed by atoms with Crippen LogP contribution in [0.15, 0.2) is 0 Å². The largest absolute Gasteiger partial charge is 0.330 e. The highest BCUT2D eigenvalue weighted by Crippen LogP contribution is 2.84. The van der Waals surface area contributed by atoms with Crippen LogP contribution < -0.4 is 5.73 Å². The zero-order valence-electron chi connectivity index (χ0n) is 9.48. The van der Waals surface area contributed by atoms with Gasteiger partial charge in [-0.25, -0.2) is 0 Å². The lowest BCUT2D eigenvalue weighted by Gasteiger charge is -2.22. The van der Waals surface area contributed by atoms with E-state index in [0.29, 0.717) is 16.2 Å². The molecule has 2 saturated carbocycles. The first kappa shape index (κ1) is 9.51. The van der Waals surface area contributed by atoms with E-state index in [1.54, 1.807) is 0 Å². The van der Waals surface area contributed by atoms with Crippen LogP contribution in [0.25, 0.3) is 0 Å². The van der Waals surface area contributed by atoms with Crippen molar-refractivity contribution < 1.29 is 0 Å². The van der Waals surface area contributed by atoms with Gasteiger partial charge < -0.3 is 5.73 Å². The second kappa shape index (κ2) is 2.31. The van der Waals surface area contributed by atoms with Crippen molar-refractivity contribution in [3.63, 3.8) is 0 Å². The Bertz CT molecular complexity index is 213. The second-order valence-corrected chi connectivity index (χ2v) is 6.05. The van der Waals surface area contributed by atoms with Crippen LogP contribution in [-0.4, -0.2) is 6.54 Å². The first-order valence-electron chi connectivity index (χ1n) is 5.62. The van der Waals surface area contributed by atoms with E-state index in [4.69, 9.17) is 5.73 Å². The van der Waals surface area contributed by atoms with Gasteiger partial charge >= 0.3 is 0 Å². The molecule has 0 heterocycles. The highest BCUT2D eigenvalue weighted by molar-refractivity contribution is 5.27.